The number of hydrogen-bond acceptors (Lipinski definition) is 3. The minimum atomic E-state index is -0.496. The Hall–Kier alpha value is -2.04. The first kappa shape index (κ1) is 13.9. The number of benzene rings is 1. The third kappa shape index (κ3) is 2.86. The van der Waals surface area contributed by atoms with Crippen molar-refractivity contribution in [2.24, 2.45) is 0 Å². The Bertz CT molecular complexity index is 559. The summed E-state index contributed by atoms with van der Waals surface area (Å²) in [5, 5.41) is 5.75. The number of anilines is 1. The molecule has 1 atom stereocenters. The van der Waals surface area contributed by atoms with Crippen molar-refractivity contribution in [3.05, 3.63) is 29.8 Å². The standard InChI is InChI=1S/C16H21N3O2/c1-10(14(20)19-13-6-7-13)18-15(21)16(8-9-16)11-2-4-12(17)5-3-11/h2-5,10,13H,6-9,17H2,1H3,(H,18,21)(H,19,20). The molecule has 0 aromatic heterocycles. The molecule has 1 unspecified atom stereocenters. The van der Waals surface area contributed by atoms with Gasteiger partial charge in [0, 0.05) is 11.7 Å². The van der Waals surface area contributed by atoms with Gasteiger partial charge in [-0.15, -0.1) is 0 Å². The minimum Gasteiger partial charge on any atom is -0.399 e. The third-order valence-corrected chi connectivity index (χ3v) is 4.31. The number of carbonyl (C=O) groups excluding carboxylic acids is 2. The van der Waals surface area contributed by atoms with E-state index in [0.29, 0.717) is 11.7 Å². The Kier molecular flexibility index (Phi) is 3.35. The van der Waals surface area contributed by atoms with Gasteiger partial charge in [-0.1, -0.05) is 12.1 Å². The van der Waals surface area contributed by atoms with Crippen LogP contribution in [0.2, 0.25) is 0 Å². The molecule has 2 saturated carbocycles. The first-order valence-corrected chi connectivity index (χ1v) is 7.49. The van der Waals surface area contributed by atoms with Crippen molar-refractivity contribution in [3.8, 4) is 0 Å². The summed E-state index contributed by atoms with van der Waals surface area (Å²) in [5.74, 6) is -0.162. The highest BCUT2D eigenvalue weighted by atomic mass is 16.2. The van der Waals surface area contributed by atoms with Gasteiger partial charge in [-0.05, 0) is 50.3 Å². The van der Waals surface area contributed by atoms with Gasteiger partial charge in [0.2, 0.25) is 11.8 Å². The zero-order valence-electron chi connectivity index (χ0n) is 12.2. The van der Waals surface area contributed by atoms with Crippen LogP contribution in [0.5, 0.6) is 0 Å². The highest BCUT2D eigenvalue weighted by Crippen LogP contribution is 2.48. The fraction of sp³-hybridized carbons (Fsp3) is 0.500. The van der Waals surface area contributed by atoms with E-state index in [4.69, 9.17) is 5.73 Å². The van der Waals surface area contributed by atoms with E-state index in [1.54, 1.807) is 6.92 Å². The predicted molar refractivity (Wildman–Crippen MR) is 80.5 cm³/mol. The molecule has 112 valence electrons. The quantitative estimate of drug-likeness (QED) is 0.709. The maximum Gasteiger partial charge on any atom is 0.242 e. The first-order chi connectivity index (χ1) is 10.0. The number of amides is 2. The van der Waals surface area contributed by atoms with Gasteiger partial charge in [-0.3, -0.25) is 9.59 Å². The van der Waals surface area contributed by atoms with Crippen LogP contribution in [-0.4, -0.2) is 23.9 Å². The van der Waals surface area contributed by atoms with Crippen LogP contribution in [0.15, 0.2) is 24.3 Å². The fourth-order valence-electron chi connectivity index (χ4n) is 2.53. The molecule has 0 heterocycles. The SMILES string of the molecule is CC(NC(=O)C1(c2ccc(N)cc2)CC1)C(=O)NC1CC1. The Morgan fingerprint density at radius 3 is 2.38 bits per heavy atom. The van der Waals surface area contributed by atoms with E-state index in [9.17, 15) is 9.59 Å². The summed E-state index contributed by atoms with van der Waals surface area (Å²) in [6.45, 7) is 1.73. The molecule has 3 rings (SSSR count). The molecule has 0 aliphatic heterocycles. The third-order valence-electron chi connectivity index (χ3n) is 4.31. The van der Waals surface area contributed by atoms with E-state index in [1.807, 2.05) is 24.3 Å². The molecular formula is C16H21N3O2. The molecule has 0 spiro atoms. The van der Waals surface area contributed by atoms with Gasteiger partial charge in [0.15, 0.2) is 0 Å². The summed E-state index contributed by atoms with van der Waals surface area (Å²) in [4.78, 5) is 24.4. The summed E-state index contributed by atoms with van der Waals surface area (Å²) >= 11 is 0. The van der Waals surface area contributed by atoms with Gasteiger partial charge < -0.3 is 16.4 Å². The van der Waals surface area contributed by atoms with E-state index in [-0.39, 0.29) is 11.8 Å². The molecule has 0 bridgehead atoms. The molecule has 2 fully saturated rings. The van der Waals surface area contributed by atoms with Crippen molar-refractivity contribution in [2.45, 2.75) is 50.1 Å². The predicted octanol–water partition coefficient (Wildman–Crippen LogP) is 1.08. The topological polar surface area (TPSA) is 84.2 Å². The molecule has 0 radical (unpaired) electrons. The zero-order valence-corrected chi connectivity index (χ0v) is 12.2. The lowest BCUT2D eigenvalue weighted by Gasteiger charge is -2.20. The van der Waals surface area contributed by atoms with Crippen molar-refractivity contribution in [1.82, 2.24) is 10.6 Å². The molecule has 2 amide bonds. The van der Waals surface area contributed by atoms with E-state index in [1.165, 1.54) is 0 Å². The van der Waals surface area contributed by atoms with E-state index < -0.39 is 11.5 Å². The van der Waals surface area contributed by atoms with E-state index in [0.717, 1.165) is 31.2 Å². The number of rotatable bonds is 5. The normalized spacial score (nSPS) is 20.4. The molecule has 4 N–H and O–H groups in total. The molecule has 2 aliphatic rings. The van der Waals surface area contributed by atoms with Crippen LogP contribution in [0.3, 0.4) is 0 Å². The van der Waals surface area contributed by atoms with Crippen molar-refractivity contribution in [1.29, 1.82) is 0 Å². The van der Waals surface area contributed by atoms with E-state index >= 15 is 0 Å². The number of carbonyl (C=O) groups is 2. The van der Waals surface area contributed by atoms with Crippen molar-refractivity contribution in [2.75, 3.05) is 5.73 Å². The molecule has 21 heavy (non-hydrogen) atoms. The summed E-state index contributed by atoms with van der Waals surface area (Å²) in [6, 6.07) is 7.24. The van der Waals surface area contributed by atoms with E-state index in [2.05, 4.69) is 10.6 Å². The largest absolute Gasteiger partial charge is 0.399 e. The monoisotopic (exact) mass is 287 g/mol. The maximum atomic E-state index is 12.5. The van der Waals surface area contributed by atoms with Gasteiger partial charge in [-0.25, -0.2) is 0 Å². The Morgan fingerprint density at radius 2 is 1.86 bits per heavy atom. The van der Waals surface area contributed by atoms with Crippen LogP contribution < -0.4 is 16.4 Å². The maximum absolute atomic E-state index is 12.5. The lowest BCUT2D eigenvalue weighted by atomic mass is 9.94. The van der Waals surface area contributed by atoms with Crippen LogP contribution in [-0.2, 0) is 15.0 Å². The smallest absolute Gasteiger partial charge is 0.242 e. The summed E-state index contributed by atoms with van der Waals surface area (Å²) in [7, 11) is 0. The summed E-state index contributed by atoms with van der Waals surface area (Å²) < 4.78 is 0. The van der Waals surface area contributed by atoms with Crippen LogP contribution in [0, 0.1) is 0 Å². The van der Waals surface area contributed by atoms with Crippen LogP contribution in [0.25, 0.3) is 0 Å². The minimum absolute atomic E-state index is 0.0641. The molecule has 5 heteroatoms. The average molecular weight is 287 g/mol. The summed E-state index contributed by atoms with van der Waals surface area (Å²) in [5.41, 5.74) is 6.88. The second-order valence-electron chi connectivity index (χ2n) is 6.18. The number of nitrogens with one attached hydrogen (secondary N) is 2. The average Bonchev–Trinajstić information content (AvgIpc) is 3.34. The highest BCUT2D eigenvalue weighted by molar-refractivity contribution is 5.95. The van der Waals surface area contributed by atoms with Crippen molar-refractivity contribution < 1.29 is 9.59 Å². The van der Waals surface area contributed by atoms with Crippen LogP contribution in [0.1, 0.15) is 38.2 Å². The highest BCUT2D eigenvalue weighted by Gasteiger charge is 2.51. The number of hydrogen-bond donors (Lipinski definition) is 3. The first-order valence-electron chi connectivity index (χ1n) is 7.49. The number of nitrogen functional groups attached to an aromatic ring is 1. The van der Waals surface area contributed by atoms with Gasteiger partial charge >= 0.3 is 0 Å². The molecular weight excluding hydrogens is 266 g/mol. The van der Waals surface area contributed by atoms with Gasteiger partial charge in [0.1, 0.15) is 6.04 Å². The van der Waals surface area contributed by atoms with Crippen molar-refractivity contribution >= 4 is 17.5 Å². The van der Waals surface area contributed by atoms with Crippen LogP contribution in [0.4, 0.5) is 5.69 Å². The Labute approximate surface area is 124 Å². The summed E-state index contributed by atoms with van der Waals surface area (Å²) in [6.07, 6.45) is 3.73. The van der Waals surface area contributed by atoms with Gasteiger partial charge in [0.05, 0.1) is 5.41 Å². The van der Waals surface area contributed by atoms with Gasteiger partial charge in [-0.2, -0.15) is 0 Å². The molecule has 5 nitrogen and oxygen atoms in total. The molecule has 2 aliphatic carbocycles. The molecule has 0 saturated heterocycles. The fourth-order valence-corrected chi connectivity index (χ4v) is 2.53. The Balaban J connectivity index is 1.64. The lowest BCUT2D eigenvalue weighted by Crippen LogP contribution is -2.48. The second kappa shape index (κ2) is 5.06. The van der Waals surface area contributed by atoms with Crippen LogP contribution >= 0.6 is 0 Å². The lowest BCUT2D eigenvalue weighted by molar-refractivity contribution is -0.130. The van der Waals surface area contributed by atoms with Gasteiger partial charge in [0.25, 0.3) is 0 Å². The number of nitrogens with two attached hydrogens (primary N) is 1. The second-order valence-corrected chi connectivity index (χ2v) is 6.18. The Morgan fingerprint density at radius 1 is 1.24 bits per heavy atom. The molecule has 1 aromatic rings. The molecule has 1 aromatic carbocycles. The zero-order chi connectivity index (χ0) is 15.0. The van der Waals surface area contributed by atoms with Crippen molar-refractivity contribution in [3.63, 3.8) is 0 Å².